The molecule has 0 spiro atoms. The van der Waals surface area contributed by atoms with Crippen LogP contribution >= 0.6 is 11.6 Å². The van der Waals surface area contributed by atoms with Crippen molar-refractivity contribution in [2.75, 3.05) is 26.3 Å². The van der Waals surface area contributed by atoms with E-state index in [4.69, 9.17) is 31.9 Å². The molecule has 8 aromatic rings. The Balaban J connectivity index is -0.000000219. The molecule has 0 radical (unpaired) electrons. The number of rotatable bonds is 7. The SMILES string of the molecule is C.CC.CC.CC.CC.CC.CCN.CCNC(=O)c1ncn2c(C)c(C)c(C)nc12.CCOC(=O)c1ncn2c(C)c(C)c(C)nc12.CCOC(=O)c1ncn2c(C)c(C)c(Cl)nc12.Cc1nc2c(C(=O)O)ncn2c(C)c1C.F.[2HH].[HH]. The van der Waals surface area contributed by atoms with E-state index in [0.717, 1.165) is 68.7 Å². The van der Waals surface area contributed by atoms with E-state index in [1.165, 1.54) is 6.33 Å². The van der Waals surface area contributed by atoms with Crippen molar-refractivity contribution in [2.45, 2.75) is 181 Å². The highest BCUT2D eigenvalue weighted by molar-refractivity contribution is 6.30. The van der Waals surface area contributed by atoms with Gasteiger partial charge in [0.05, 0.1) is 13.2 Å². The van der Waals surface area contributed by atoms with Crippen LogP contribution in [0.3, 0.4) is 0 Å². The molecular weight excluding hydrogens is 1060 g/mol. The molecule has 4 N–H and O–H groups in total. The van der Waals surface area contributed by atoms with E-state index >= 15 is 0 Å². The number of carbonyl (C=O) groups excluding carboxylic acids is 3. The number of aromatic nitrogens is 12. The summed E-state index contributed by atoms with van der Waals surface area (Å²) < 4.78 is 17.0. The average Bonchev–Trinajstić information content (AvgIpc) is 4.28. The van der Waals surface area contributed by atoms with Crippen LogP contribution in [0.15, 0.2) is 25.3 Å². The van der Waals surface area contributed by atoms with Gasteiger partial charge in [0, 0.05) is 54.8 Å². The standard InChI is InChI=1S/C12H16N4O.C12H15N3O2.C11H12ClN3O2.C10H11N3O2.C2H7N.5C2H6.CH4.FH.2H2/c1-5-13-12(17)10-11-15-8(3)7(2)9(4)16(11)6-14-10;1-5-17-12(16)10-11-14-8(3)7(2)9(4)15(11)6-13-10;1-4-17-11(16)8-10-14-9(12)6(2)7(3)15(10)5-13-8;1-5-6(2)12-9-8(10(14)15)11-4-13(9)7(5)3;1-2-3;5*1-2;;;;/h6H,5H2,1-4H3,(H,13,17);6H,5H2,1-4H3;5H,4H2,1-3H3;4H,1-3H3,(H,14,15);2-3H2,1H3;5*1-2H3;1H4;3*1H/i;;;;;;;;;;;;1+1;. The normalized spacial score (nSPS) is 9.42. The minimum absolute atomic E-state index is 0. The van der Waals surface area contributed by atoms with Crippen LogP contribution in [0.4, 0.5) is 4.70 Å². The van der Waals surface area contributed by atoms with Crippen LogP contribution in [0, 0.1) is 76.2 Å². The molecule has 0 aliphatic rings. The zero-order chi connectivity index (χ0) is 61.6. The maximum atomic E-state index is 11.8. The predicted octanol–water partition coefficient (Wildman–Crippen LogP) is 13.1. The van der Waals surface area contributed by atoms with Crippen molar-refractivity contribution in [3.05, 3.63) is 115 Å². The van der Waals surface area contributed by atoms with Crippen LogP contribution < -0.4 is 11.1 Å². The van der Waals surface area contributed by atoms with Gasteiger partial charge in [-0.15, -0.1) is 0 Å². The lowest BCUT2D eigenvalue weighted by Crippen LogP contribution is -2.23. The number of esters is 2. The topological polar surface area (TPSA) is 266 Å². The molecule has 0 unspecified atom stereocenters. The quantitative estimate of drug-likeness (QED) is 0.0989. The number of nitrogens with two attached hydrogens (primary N) is 1. The molecular formula is C58H100ClFN14O7. The number of halogens is 2. The maximum absolute atomic E-state index is 11.8. The first-order valence-electron chi connectivity index (χ1n) is 27.1. The zero-order valence-corrected chi connectivity index (χ0v) is 53.0. The van der Waals surface area contributed by atoms with Gasteiger partial charge in [-0.2, -0.15) is 0 Å². The van der Waals surface area contributed by atoms with Crippen molar-refractivity contribution < 1.29 is 41.3 Å². The van der Waals surface area contributed by atoms with Gasteiger partial charge >= 0.3 is 17.9 Å². The molecule has 0 saturated heterocycles. The number of nitrogens with one attached hydrogen (secondary N) is 1. The molecule has 21 nitrogen and oxygen atoms in total. The second-order valence-electron chi connectivity index (χ2n) is 15.5. The molecule has 0 aliphatic carbocycles. The first kappa shape index (κ1) is 80.0. The van der Waals surface area contributed by atoms with Crippen molar-refractivity contribution in [1.82, 2.24) is 62.8 Å². The Labute approximate surface area is 488 Å². The lowest BCUT2D eigenvalue weighted by atomic mass is 10.2. The molecule has 8 heterocycles. The minimum Gasteiger partial charge on any atom is -0.476 e. The number of ether oxygens (including phenoxy) is 2. The lowest BCUT2D eigenvalue weighted by Gasteiger charge is -2.07. The number of nitrogens with zero attached hydrogens (tertiary/aromatic N) is 12. The molecule has 0 aliphatic heterocycles. The van der Waals surface area contributed by atoms with Gasteiger partial charge in [-0.05, 0) is 120 Å². The molecule has 8 aromatic heterocycles. The number of carboxylic acid groups (broad SMARTS) is 1. The van der Waals surface area contributed by atoms with E-state index < -0.39 is 17.9 Å². The fourth-order valence-corrected chi connectivity index (χ4v) is 6.80. The molecule has 0 saturated carbocycles. The number of aryl methyl sites for hydroxylation is 7. The van der Waals surface area contributed by atoms with E-state index in [2.05, 4.69) is 45.2 Å². The summed E-state index contributed by atoms with van der Waals surface area (Å²) in [5, 5.41) is 12.0. The first-order valence-corrected chi connectivity index (χ1v) is 27.5. The Bertz CT molecular complexity index is 2960. The summed E-state index contributed by atoms with van der Waals surface area (Å²) in [6, 6.07) is 0. The number of amides is 1. The van der Waals surface area contributed by atoms with Crippen LogP contribution in [0.1, 0.15) is 211 Å². The molecule has 0 fully saturated rings. The molecule has 23 heteroatoms. The number of hydrogen-bond acceptors (Lipinski definition) is 15. The van der Waals surface area contributed by atoms with Gasteiger partial charge in [-0.3, -0.25) is 27.1 Å². The Morgan fingerprint density at radius 2 is 0.778 bits per heavy atom. The monoisotopic (exact) mass is 1160 g/mol. The Hall–Kier alpha value is -7.46. The van der Waals surface area contributed by atoms with Gasteiger partial charge in [-0.25, -0.2) is 54.3 Å². The summed E-state index contributed by atoms with van der Waals surface area (Å²) in [6.07, 6.45) is 6.30. The molecule has 8 rings (SSSR count). The minimum atomic E-state index is -1.05. The van der Waals surface area contributed by atoms with E-state index in [1.807, 2.05) is 168 Å². The van der Waals surface area contributed by atoms with Crippen molar-refractivity contribution in [3.8, 4) is 0 Å². The third-order valence-electron chi connectivity index (χ3n) is 11.2. The Morgan fingerprint density at radius 3 is 1.07 bits per heavy atom. The molecule has 0 aromatic carbocycles. The largest absolute Gasteiger partial charge is 0.476 e. The summed E-state index contributed by atoms with van der Waals surface area (Å²) in [6.45, 7) is 50.6. The van der Waals surface area contributed by atoms with Crippen molar-refractivity contribution >= 4 is 58.0 Å². The molecule has 81 heavy (non-hydrogen) atoms. The third kappa shape index (κ3) is 20.2. The summed E-state index contributed by atoms with van der Waals surface area (Å²) >= 11 is 6.00. The van der Waals surface area contributed by atoms with Crippen LogP contribution in [-0.4, -0.2) is 113 Å². The van der Waals surface area contributed by atoms with Gasteiger partial charge in [0.25, 0.3) is 5.91 Å². The summed E-state index contributed by atoms with van der Waals surface area (Å²) in [4.78, 5) is 79.3. The van der Waals surface area contributed by atoms with Crippen molar-refractivity contribution in [3.63, 3.8) is 0 Å². The molecule has 1 amide bonds. The van der Waals surface area contributed by atoms with Crippen LogP contribution in [0.25, 0.3) is 22.6 Å². The smallest absolute Gasteiger partial charge is 0.360 e. The number of hydrogen-bond donors (Lipinski definition) is 3. The number of imidazole rings is 4. The first-order chi connectivity index (χ1) is 37.6. The molecule has 0 atom stereocenters. The van der Waals surface area contributed by atoms with Gasteiger partial charge in [0.1, 0.15) is 30.5 Å². The van der Waals surface area contributed by atoms with Crippen molar-refractivity contribution in [2.24, 2.45) is 5.73 Å². The van der Waals surface area contributed by atoms with Gasteiger partial charge < -0.3 is 25.6 Å². The van der Waals surface area contributed by atoms with Gasteiger partial charge in [0.2, 0.25) is 0 Å². The van der Waals surface area contributed by atoms with E-state index in [0.29, 0.717) is 53.2 Å². The second-order valence-corrected chi connectivity index (χ2v) is 15.9. The number of aromatic carboxylic acids is 1. The lowest BCUT2D eigenvalue weighted by molar-refractivity contribution is 0.0512. The predicted molar refractivity (Wildman–Crippen MR) is 331 cm³/mol. The van der Waals surface area contributed by atoms with Crippen LogP contribution in [0.5, 0.6) is 0 Å². The summed E-state index contributed by atoms with van der Waals surface area (Å²) in [7, 11) is 0. The fraction of sp³-hybridized carbons (Fsp3) is 0.517. The summed E-state index contributed by atoms with van der Waals surface area (Å²) in [5.74, 6) is -2.13. The number of carbonyl (C=O) groups is 4. The maximum Gasteiger partial charge on any atom is 0.360 e. The van der Waals surface area contributed by atoms with Gasteiger partial charge in [-0.1, -0.05) is 95.2 Å². The fourth-order valence-electron chi connectivity index (χ4n) is 6.58. The van der Waals surface area contributed by atoms with Crippen LogP contribution in [0.2, 0.25) is 5.15 Å². The highest BCUT2D eigenvalue weighted by Gasteiger charge is 2.21. The van der Waals surface area contributed by atoms with E-state index in [9.17, 15) is 19.2 Å². The number of fused-ring (bicyclic) bond motifs is 4. The highest BCUT2D eigenvalue weighted by atomic mass is 35.5. The van der Waals surface area contributed by atoms with E-state index in [-0.39, 0.29) is 38.0 Å². The Kier molecular flexibility index (Phi) is 40.2. The number of carboxylic acids is 1. The zero-order valence-electron chi connectivity index (χ0n) is 52.3. The van der Waals surface area contributed by atoms with Crippen LogP contribution in [-0.2, 0) is 9.47 Å². The van der Waals surface area contributed by atoms with E-state index in [1.54, 1.807) is 41.6 Å². The third-order valence-corrected chi connectivity index (χ3v) is 11.6. The molecule has 458 valence electrons. The highest BCUT2D eigenvalue weighted by Crippen LogP contribution is 2.22. The Morgan fingerprint density at radius 1 is 0.519 bits per heavy atom. The van der Waals surface area contributed by atoms with Crippen molar-refractivity contribution in [1.29, 1.82) is 0 Å². The molecule has 0 bridgehead atoms. The average molecular weight is 1160 g/mol. The van der Waals surface area contributed by atoms with Gasteiger partial charge in [0.15, 0.2) is 45.4 Å². The second kappa shape index (κ2) is 40.7. The summed E-state index contributed by atoms with van der Waals surface area (Å²) in [5.41, 5.74) is 18.5.